The Labute approximate surface area is 95.7 Å². The summed E-state index contributed by atoms with van der Waals surface area (Å²) >= 11 is 6.83. The molecule has 0 saturated heterocycles. The summed E-state index contributed by atoms with van der Waals surface area (Å²) in [6, 6.07) is 5.91. The van der Waals surface area contributed by atoms with Gasteiger partial charge in [-0.05, 0) is 40.0 Å². The maximum absolute atomic E-state index is 5.59. The number of ether oxygens (including phenoxy) is 1. The van der Waals surface area contributed by atoms with Crippen molar-refractivity contribution in [2.75, 3.05) is 6.61 Å². The Morgan fingerprint density at radius 2 is 2.00 bits per heavy atom. The molecule has 0 fully saturated rings. The monoisotopic (exact) mass is 306 g/mol. The van der Waals surface area contributed by atoms with E-state index in [0.29, 0.717) is 5.92 Å². The summed E-state index contributed by atoms with van der Waals surface area (Å²) in [6.45, 7) is 5.01. The molecular weight excluding hydrogens is 296 g/mol. The lowest BCUT2D eigenvalue weighted by Gasteiger charge is -2.10. The molecule has 0 aliphatic carbocycles. The first-order valence-electron chi connectivity index (χ1n) is 4.17. The molecule has 0 atom stereocenters. The van der Waals surface area contributed by atoms with Crippen molar-refractivity contribution in [3.63, 3.8) is 0 Å². The van der Waals surface area contributed by atoms with Gasteiger partial charge in [0.1, 0.15) is 5.75 Å². The van der Waals surface area contributed by atoms with Crippen molar-refractivity contribution in [2.24, 2.45) is 5.92 Å². The van der Waals surface area contributed by atoms with Gasteiger partial charge in [0.25, 0.3) is 0 Å². The van der Waals surface area contributed by atoms with Crippen LogP contribution >= 0.6 is 31.9 Å². The summed E-state index contributed by atoms with van der Waals surface area (Å²) in [4.78, 5) is 0. The van der Waals surface area contributed by atoms with Crippen molar-refractivity contribution >= 4 is 31.9 Å². The van der Waals surface area contributed by atoms with Gasteiger partial charge in [-0.1, -0.05) is 29.8 Å². The maximum Gasteiger partial charge on any atom is 0.133 e. The van der Waals surface area contributed by atoms with Crippen LogP contribution in [0.5, 0.6) is 5.75 Å². The van der Waals surface area contributed by atoms with Gasteiger partial charge in [-0.25, -0.2) is 0 Å². The van der Waals surface area contributed by atoms with Crippen LogP contribution in [-0.4, -0.2) is 6.61 Å². The summed E-state index contributed by atoms with van der Waals surface area (Å²) < 4.78 is 7.63. The van der Waals surface area contributed by atoms with E-state index >= 15 is 0 Å². The lowest BCUT2D eigenvalue weighted by atomic mass is 10.2. The average Bonchev–Trinajstić information content (AvgIpc) is 2.02. The third-order valence-electron chi connectivity index (χ3n) is 1.47. The molecule has 0 N–H and O–H groups in total. The number of benzene rings is 1. The minimum absolute atomic E-state index is 0.551. The Morgan fingerprint density at radius 1 is 1.31 bits per heavy atom. The van der Waals surface area contributed by atoms with Crippen molar-refractivity contribution in [3.05, 3.63) is 27.1 Å². The van der Waals surface area contributed by atoms with Gasteiger partial charge in [0.05, 0.1) is 11.1 Å². The first kappa shape index (κ1) is 11.1. The normalized spacial score (nSPS) is 10.5. The Morgan fingerprint density at radius 3 is 2.54 bits per heavy atom. The second-order valence-corrected chi connectivity index (χ2v) is 5.05. The van der Waals surface area contributed by atoms with E-state index < -0.39 is 0 Å². The summed E-state index contributed by atoms with van der Waals surface area (Å²) in [5.41, 5.74) is 0. The van der Waals surface area contributed by atoms with E-state index in [2.05, 4.69) is 45.7 Å². The summed E-state index contributed by atoms with van der Waals surface area (Å²) in [5, 5.41) is 0. The topological polar surface area (TPSA) is 9.23 Å². The van der Waals surface area contributed by atoms with Crippen LogP contribution in [0.25, 0.3) is 0 Å². The number of rotatable bonds is 3. The first-order chi connectivity index (χ1) is 6.09. The Balaban J connectivity index is 2.67. The fourth-order valence-corrected chi connectivity index (χ4v) is 2.01. The molecule has 0 aliphatic heterocycles. The zero-order chi connectivity index (χ0) is 9.84. The molecule has 0 amide bonds. The zero-order valence-corrected chi connectivity index (χ0v) is 10.9. The van der Waals surface area contributed by atoms with E-state index in [0.717, 1.165) is 21.3 Å². The molecule has 3 heteroatoms. The molecule has 1 aromatic carbocycles. The van der Waals surface area contributed by atoms with E-state index in [1.165, 1.54) is 0 Å². The quantitative estimate of drug-likeness (QED) is 0.811. The van der Waals surface area contributed by atoms with Crippen LogP contribution in [0.15, 0.2) is 27.1 Å². The Bertz CT molecular complexity index is 284. The van der Waals surface area contributed by atoms with Gasteiger partial charge in [-0.15, -0.1) is 0 Å². The molecule has 1 rings (SSSR count). The first-order valence-corrected chi connectivity index (χ1v) is 5.76. The molecular formula is C10H12Br2O. The SMILES string of the molecule is CC(C)COc1ccc(Br)cc1Br. The molecule has 1 nitrogen and oxygen atoms in total. The van der Waals surface area contributed by atoms with Crippen LogP contribution in [0.1, 0.15) is 13.8 Å². The summed E-state index contributed by atoms with van der Waals surface area (Å²) in [6.07, 6.45) is 0. The fourth-order valence-electron chi connectivity index (χ4n) is 0.849. The van der Waals surface area contributed by atoms with Gasteiger partial charge in [0, 0.05) is 4.47 Å². The predicted molar refractivity (Wildman–Crippen MR) is 62.2 cm³/mol. The molecule has 13 heavy (non-hydrogen) atoms. The maximum atomic E-state index is 5.59. The Hall–Kier alpha value is -0.0200. The lowest BCUT2D eigenvalue weighted by molar-refractivity contribution is 0.269. The van der Waals surface area contributed by atoms with Gasteiger partial charge < -0.3 is 4.74 Å². The second-order valence-electron chi connectivity index (χ2n) is 3.28. The van der Waals surface area contributed by atoms with Gasteiger partial charge >= 0.3 is 0 Å². The molecule has 0 saturated carbocycles. The van der Waals surface area contributed by atoms with Crippen molar-refractivity contribution in [1.29, 1.82) is 0 Å². The lowest BCUT2D eigenvalue weighted by Crippen LogP contribution is -2.04. The molecule has 1 aromatic rings. The van der Waals surface area contributed by atoms with E-state index in [1.54, 1.807) is 0 Å². The number of hydrogen-bond donors (Lipinski definition) is 0. The van der Waals surface area contributed by atoms with Crippen LogP contribution in [0.4, 0.5) is 0 Å². The van der Waals surface area contributed by atoms with Gasteiger partial charge in [-0.3, -0.25) is 0 Å². The van der Waals surface area contributed by atoms with E-state index in [1.807, 2.05) is 18.2 Å². The van der Waals surface area contributed by atoms with Crippen LogP contribution in [0.2, 0.25) is 0 Å². The molecule has 0 bridgehead atoms. The van der Waals surface area contributed by atoms with Crippen LogP contribution in [0, 0.1) is 5.92 Å². The van der Waals surface area contributed by atoms with Crippen LogP contribution in [-0.2, 0) is 0 Å². The smallest absolute Gasteiger partial charge is 0.133 e. The van der Waals surface area contributed by atoms with Gasteiger partial charge in [-0.2, -0.15) is 0 Å². The van der Waals surface area contributed by atoms with Crippen molar-refractivity contribution in [3.8, 4) is 5.75 Å². The third-order valence-corrected chi connectivity index (χ3v) is 2.58. The average molecular weight is 308 g/mol. The van der Waals surface area contributed by atoms with Crippen molar-refractivity contribution < 1.29 is 4.74 Å². The van der Waals surface area contributed by atoms with E-state index in [4.69, 9.17) is 4.74 Å². The number of halogens is 2. The minimum atomic E-state index is 0.551. The van der Waals surface area contributed by atoms with Gasteiger partial charge in [0.15, 0.2) is 0 Å². The van der Waals surface area contributed by atoms with Crippen molar-refractivity contribution in [2.45, 2.75) is 13.8 Å². The second kappa shape index (κ2) is 5.01. The molecule has 0 radical (unpaired) electrons. The standard InChI is InChI=1S/C10H12Br2O/c1-7(2)6-13-10-4-3-8(11)5-9(10)12/h3-5,7H,6H2,1-2H3. The Kier molecular flexibility index (Phi) is 4.26. The highest BCUT2D eigenvalue weighted by Gasteiger charge is 2.02. The predicted octanol–water partition coefficient (Wildman–Crippen LogP) is 4.25. The van der Waals surface area contributed by atoms with Crippen LogP contribution in [0.3, 0.4) is 0 Å². The summed E-state index contributed by atoms with van der Waals surface area (Å²) in [5.74, 6) is 1.45. The highest BCUT2D eigenvalue weighted by molar-refractivity contribution is 9.11. The third kappa shape index (κ3) is 3.69. The summed E-state index contributed by atoms with van der Waals surface area (Å²) in [7, 11) is 0. The van der Waals surface area contributed by atoms with Crippen molar-refractivity contribution in [1.82, 2.24) is 0 Å². The molecule has 0 aromatic heterocycles. The molecule has 72 valence electrons. The fraction of sp³-hybridized carbons (Fsp3) is 0.400. The van der Waals surface area contributed by atoms with Crippen LogP contribution < -0.4 is 4.74 Å². The molecule has 0 heterocycles. The molecule has 0 unspecified atom stereocenters. The minimum Gasteiger partial charge on any atom is -0.492 e. The van der Waals surface area contributed by atoms with E-state index in [9.17, 15) is 0 Å². The van der Waals surface area contributed by atoms with E-state index in [-0.39, 0.29) is 0 Å². The number of hydrogen-bond acceptors (Lipinski definition) is 1. The molecule has 0 aliphatic rings. The largest absolute Gasteiger partial charge is 0.492 e. The highest BCUT2D eigenvalue weighted by atomic mass is 79.9. The zero-order valence-electron chi connectivity index (χ0n) is 7.68. The molecule has 0 spiro atoms. The van der Waals surface area contributed by atoms with Gasteiger partial charge in [0.2, 0.25) is 0 Å². The highest BCUT2D eigenvalue weighted by Crippen LogP contribution is 2.28.